The smallest absolute Gasteiger partial charge is 0.286 e. The van der Waals surface area contributed by atoms with E-state index in [0.717, 1.165) is 11.1 Å². The maximum absolute atomic E-state index is 13.1. The molecule has 0 fully saturated rings. The van der Waals surface area contributed by atoms with Crippen LogP contribution in [-0.4, -0.2) is 30.5 Å². The second kappa shape index (κ2) is 10.9. The quantitative estimate of drug-likeness (QED) is 0.655. The molecule has 2 aromatic rings. The number of rotatable bonds is 9. The lowest BCUT2D eigenvalue weighted by atomic mass is 9.80. The molecule has 1 heterocycles. The molecule has 3 atom stereocenters. The lowest BCUT2D eigenvalue weighted by molar-refractivity contribution is -0.166. The van der Waals surface area contributed by atoms with Gasteiger partial charge in [0.1, 0.15) is 5.82 Å². The van der Waals surface area contributed by atoms with Crippen molar-refractivity contribution in [3.8, 4) is 0 Å². The molecule has 6 heteroatoms. The van der Waals surface area contributed by atoms with Crippen molar-refractivity contribution in [1.82, 2.24) is 5.32 Å². The summed E-state index contributed by atoms with van der Waals surface area (Å²) in [5.41, 5.74) is 1.86. The highest BCUT2D eigenvalue weighted by Gasteiger charge is 2.37. The molecule has 3 unspecified atom stereocenters. The van der Waals surface area contributed by atoms with Crippen molar-refractivity contribution in [2.24, 2.45) is 5.92 Å². The minimum absolute atomic E-state index is 0.0202. The number of aliphatic hydroxyl groups is 1. The third-order valence-electron chi connectivity index (χ3n) is 5.19. The number of nitrogens with one attached hydrogen (secondary N) is 1. The molecular weight excluding hydrogens is 385 g/mol. The average molecular weight is 413 g/mol. The maximum atomic E-state index is 13.1. The second-order valence-corrected chi connectivity index (χ2v) is 7.25. The molecule has 0 saturated carbocycles. The summed E-state index contributed by atoms with van der Waals surface area (Å²) in [7, 11) is 0. The van der Waals surface area contributed by atoms with Crippen LogP contribution in [0.25, 0.3) is 0 Å². The van der Waals surface area contributed by atoms with Crippen molar-refractivity contribution in [1.29, 1.82) is 0 Å². The highest BCUT2D eigenvalue weighted by atomic mass is 19.1. The van der Waals surface area contributed by atoms with Crippen LogP contribution in [0.15, 0.2) is 66.4 Å². The summed E-state index contributed by atoms with van der Waals surface area (Å²) in [6.07, 6.45) is 2.60. The minimum atomic E-state index is -0.580. The van der Waals surface area contributed by atoms with E-state index in [4.69, 9.17) is 9.47 Å². The summed E-state index contributed by atoms with van der Waals surface area (Å²) in [6.45, 7) is 2.69. The van der Waals surface area contributed by atoms with Gasteiger partial charge in [0, 0.05) is 31.6 Å². The van der Waals surface area contributed by atoms with Crippen LogP contribution in [0.3, 0.4) is 0 Å². The molecule has 0 radical (unpaired) electrons. The van der Waals surface area contributed by atoms with Crippen molar-refractivity contribution in [3.63, 3.8) is 0 Å². The highest BCUT2D eigenvalue weighted by molar-refractivity contribution is 5.91. The Kier molecular flexibility index (Phi) is 7.99. The zero-order chi connectivity index (χ0) is 21.3. The number of ether oxygens (including phenoxy) is 2. The molecule has 160 valence electrons. The Balaban J connectivity index is 1.81. The molecule has 1 aliphatic heterocycles. The van der Waals surface area contributed by atoms with Crippen LogP contribution in [0.2, 0.25) is 0 Å². The third kappa shape index (κ3) is 5.68. The van der Waals surface area contributed by atoms with E-state index in [0.29, 0.717) is 19.4 Å². The maximum Gasteiger partial charge on any atom is 0.286 e. The summed E-state index contributed by atoms with van der Waals surface area (Å²) < 4.78 is 24.9. The van der Waals surface area contributed by atoms with E-state index in [2.05, 4.69) is 5.32 Å². The van der Waals surface area contributed by atoms with Crippen molar-refractivity contribution in [3.05, 3.63) is 83.4 Å². The van der Waals surface area contributed by atoms with Gasteiger partial charge in [-0.25, -0.2) is 4.39 Å². The van der Waals surface area contributed by atoms with Gasteiger partial charge in [-0.15, -0.1) is 0 Å². The van der Waals surface area contributed by atoms with E-state index in [1.807, 2.05) is 43.3 Å². The third-order valence-corrected chi connectivity index (χ3v) is 5.19. The number of aliphatic hydroxyl groups excluding tert-OH is 1. The van der Waals surface area contributed by atoms with E-state index in [-0.39, 0.29) is 42.5 Å². The second-order valence-electron chi connectivity index (χ2n) is 7.25. The summed E-state index contributed by atoms with van der Waals surface area (Å²) in [5.74, 6) is -0.541. The van der Waals surface area contributed by atoms with E-state index in [9.17, 15) is 14.3 Å². The van der Waals surface area contributed by atoms with E-state index in [1.54, 1.807) is 12.1 Å². The lowest BCUT2D eigenvalue weighted by Gasteiger charge is -2.37. The van der Waals surface area contributed by atoms with Crippen LogP contribution < -0.4 is 5.32 Å². The van der Waals surface area contributed by atoms with Gasteiger partial charge >= 0.3 is 0 Å². The van der Waals surface area contributed by atoms with Gasteiger partial charge in [-0.2, -0.15) is 0 Å². The molecule has 5 nitrogen and oxygen atoms in total. The van der Waals surface area contributed by atoms with Crippen LogP contribution in [0.1, 0.15) is 36.8 Å². The van der Waals surface area contributed by atoms with E-state index in [1.165, 1.54) is 12.1 Å². The topological polar surface area (TPSA) is 67.8 Å². The number of carbonyl (C=O) groups is 1. The summed E-state index contributed by atoms with van der Waals surface area (Å²) in [6, 6.07) is 15.9. The predicted octanol–water partition coefficient (Wildman–Crippen LogP) is 3.89. The first-order valence-electron chi connectivity index (χ1n) is 10.3. The first-order valence-corrected chi connectivity index (χ1v) is 10.3. The summed E-state index contributed by atoms with van der Waals surface area (Å²) in [5, 5.41) is 12.2. The Labute approximate surface area is 176 Å². The molecule has 2 aromatic carbocycles. The van der Waals surface area contributed by atoms with Crippen LogP contribution in [0, 0.1) is 11.7 Å². The van der Waals surface area contributed by atoms with Crippen molar-refractivity contribution in [2.45, 2.75) is 38.5 Å². The first kappa shape index (κ1) is 22.0. The van der Waals surface area contributed by atoms with Gasteiger partial charge in [-0.3, -0.25) is 4.79 Å². The van der Waals surface area contributed by atoms with Crippen molar-refractivity contribution < 1.29 is 23.8 Å². The number of halogens is 1. The fourth-order valence-corrected chi connectivity index (χ4v) is 3.69. The van der Waals surface area contributed by atoms with Gasteiger partial charge in [0.25, 0.3) is 5.91 Å². The average Bonchev–Trinajstić information content (AvgIpc) is 2.78. The van der Waals surface area contributed by atoms with Crippen LogP contribution in [0.5, 0.6) is 0 Å². The molecule has 0 aromatic heterocycles. The molecule has 1 aliphatic rings. The molecule has 0 saturated heterocycles. The number of allylic oxidation sites excluding steroid dienone is 1. The normalized spacial score (nSPS) is 20.9. The fourth-order valence-electron chi connectivity index (χ4n) is 3.69. The standard InChI is InChI=1S/C24H28FNO4/c1-2-29-24-20(9-6-14-27)21(18-7-4-3-5-8-18)15-22(30-24)23(28)26-16-17-10-12-19(25)13-11-17/h3-5,7-8,10-13,15,20-21,24,27H,2,6,9,14,16H2,1H3,(H,26,28). The van der Waals surface area contributed by atoms with Gasteiger partial charge < -0.3 is 19.9 Å². The Morgan fingerprint density at radius 2 is 1.90 bits per heavy atom. The molecule has 0 spiro atoms. The molecule has 1 amide bonds. The summed E-state index contributed by atoms with van der Waals surface area (Å²) in [4.78, 5) is 12.8. The zero-order valence-corrected chi connectivity index (χ0v) is 17.1. The number of benzene rings is 2. The largest absolute Gasteiger partial charge is 0.459 e. The van der Waals surface area contributed by atoms with Gasteiger partial charge in [-0.1, -0.05) is 42.5 Å². The number of amides is 1. The lowest BCUT2D eigenvalue weighted by Crippen LogP contribution is -2.38. The van der Waals surface area contributed by atoms with Gasteiger partial charge in [0.15, 0.2) is 5.76 Å². The van der Waals surface area contributed by atoms with Crippen molar-refractivity contribution in [2.75, 3.05) is 13.2 Å². The Bertz CT molecular complexity index is 838. The Morgan fingerprint density at radius 3 is 2.57 bits per heavy atom. The van der Waals surface area contributed by atoms with Gasteiger partial charge in [-0.05, 0) is 49.1 Å². The molecule has 30 heavy (non-hydrogen) atoms. The fraction of sp³-hybridized carbons (Fsp3) is 0.375. The Morgan fingerprint density at radius 1 is 1.17 bits per heavy atom. The first-order chi connectivity index (χ1) is 14.6. The molecule has 2 N–H and O–H groups in total. The van der Waals surface area contributed by atoms with Crippen LogP contribution in [0.4, 0.5) is 4.39 Å². The van der Waals surface area contributed by atoms with Crippen LogP contribution >= 0.6 is 0 Å². The molecule has 3 rings (SSSR count). The number of hydrogen-bond donors (Lipinski definition) is 2. The summed E-state index contributed by atoms with van der Waals surface area (Å²) >= 11 is 0. The zero-order valence-electron chi connectivity index (χ0n) is 17.1. The molecule has 0 bridgehead atoms. The minimum Gasteiger partial charge on any atom is -0.459 e. The predicted molar refractivity (Wildman–Crippen MR) is 112 cm³/mol. The van der Waals surface area contributed by atoms with Gasteiger partial charge in [0.05, 0.1) is 0 Å². The Hall–Kier alpha value is -2.70. The molecular formula is C24H28FNO4. The number of hydrogen-bond acceptors (Lipinski definition) is 4. The number of carbonyl (C=O) groups excluding carboxylic acids is 1. The molecule has 0 aliphatic carbocycles. The monoisotopic (exact) mass is 413 g/mol. The van der Waals surface area contributed by atoms with Crippen molar-refractivity contribution >= 4 is 5.91 Å². The van der Waals surface area contributed by atoms with Crippen LogP contribution in [-0.2, 0) is 20.8 Å². The van der Waals surface area contributed by atoms with Gasteiger partial charge in [0.2, 0.25) is 6.29 Å². The van der Waals surface area contributed by atoms with E-state index >= 15 is 0 Å². The van der Waals surface area contributed by atoms with E-state index < -0.39 is 6.29 Å². The SMILES string of the molecule is CCOC1OC(C(=O)NCc2ccc(F)cc2)=CC(c2ccccc2)C1CCCO. The highest BCUT2D eigenvalue weighted by Crippen LogP contribution is 2.39.